The number of carbonyl (C=O) groups excluding carboxylic acids is 2. The van der Waals surface area contributed by atoms with Crippen LogP contribution in [0.25, 0.3) is 0 Å². The average Bonchev–Trinajstić information content (AvgIpc) is 2.11. The molecule has 0 unspecified atom stereocenters. The lowest BCUT2D eigenvalue weighted by molar-refractivity contribution is -0.129. The van der Waals surface area contributed by atoms with Gasteiger partial charge in [0, 0.05) is 19.4 Å². The fourth-order valence-corrected chi connectivity index (χ4v) is 1.11. The molecular formula is C10H18FNO2. The molecule has 1 N–H and O–H groups in total. The zero-order chi connectivity index (χ0) is 10.8. The Labute approximate surface area is 84.1 Å². The van der Waals surface area contributed by atoms with Crippen LogP contribution >= 0.6 is 0 Å². The van der Waals surface area contributed by atoms with Crippen molar-refractivity contribution in [2.75, 3.05) is 6.54 Å². The second kappa shape index (κ2) is 8.66. The Kier molecular flexibility index (Phi) is 8.08. The van der Waals surface area contributed by atoms with Crippen LogP contribution in [0, 0.1) is 0 Å². The Morgan fingerprint density at radius 1 is 1.14 bits per heavy atom. The maximum absolute atomic E-state index is 11.7. The molecule has 0 aliphatic rings. The number of nitrogens with one attached hydrogen (secondary N) is 1. The van der Waals surface area contributed by atoms with Crippen LogP contribution in [0.2, 0.25) is 0 Å². The van der Waals surface area contributed by atoms with Crippen LogP contribution in [0.15, 0.2) is 0 Å². The van der Waals surface area contributed by atoms with E-state index >= 15 is 0 Å². The number of halogens is 1. The quantitative estimate of drug-likeness (QED) is 0.484. The smallest absolute Gasteiger partial charge is 0.301 e. The first-order valence-corrected chi connectivity index (χ1v) is 5.11. The molecule has 0 atom stereocenters. The molecule has 4 heteroatoms. The van der Waals surface area contributed by atoms with E-state index in [2.05, 4.69) is 5.32 Å². The van der Waals surface area contributed by atoms with Gasteiger partial charge in [0.25, 0.3) is 0 Å². The molecule has 1 amide bonds. The second-order valence-corrected chi connectivity index (χ2v) is 3.27. The van der Waals surface area contributed by atoms with Gasteiger partial charge in [0.05, 0.1) is 0 Å². The summed E-state index contributed by atoms with van der Waals surface area (Å²) in [5.74, 6) is 0.0640. The summed E-state index contributed by atoms with van der Waals surface area (Å²) < 4.78 is 11.7. The highest BCUT2D eigenvalue weighted by molar-refractivity contribution is 5.75. The van der Waals surface area contributed by atoms with Gasteiger partial charge in [0.1, 0.15) is 0 Å². The molecule has 0 saturated heterocycles. The van der Waals surface area contributed by atoms with Crippen LogP contribution in [0.5, 0.6) is 0 Å². The summed E-state index contributed by atoms with van der Waals surface area (Å²) in [6.45, 7) is 2.58. The van der Waals surface area contributed by atoms with Gasteiger partial charge in [-0.05, 0) is 19.3 Å². The molecule has 82 valence electrons. The molecule has 0 saturated carbocycles. The summed E-state index contributed by atoms with van der Waals surface area (Å²) in [6, 6.07) is -1.25. The van der Waals surface area contributed by atoms with E-state index in [1.54, 1.807) is 0 Å². The Hall–Kier alpha value is -0.930. The van der Waals surface area contributed by atoms with Gasteiger partial charge in [0.2, 0.25) is 5.91 Å². The molecule has 0 fully saturated rings. The zero-order valence-corrected chi connectivity index (χ0v) is 8.64. The van der Waals surface area contributed by atoms with Crippen molar-refractivity contribution in [1.29, 1.82) is 0 Å². The minimum Gasteiger partial charge on any atom is -0.356 e. The molecular weight excluding hydrogens is 185 g/mol. The largest absolute Gasteiger partial charge is 0.356 e. The predicted molar refractivity (Wildman–Crippen MR) is 52.5 cm³/mol. The predicted octanol–water partition coefficient (Wildman–Crippen LogP) is 1.96. The summed E-state index contributed by atoms with van der Waals surface area (Å²) >= 11 is 0. The Morgan fingerprint density at radius 2 is 1.86 bits per heavy atom. The number of unbranched alkanes of at least 4 members (excludes halogenated alkanes) is 2. The lowest BCUT2D eigenvalue weighted by Gasteiger charge is -2.02. The molecule has 0 radical (unpaired) electrons. The van der Waals surface area contributed by atoms with Gasteiger partial charge in [-0.25, -0.2) is 0 Å². The maximum atomic E-state index is 11.7. The fourth-order valence-electron chi connectivity index (χ4n) is 1.11. The first-order chi connectivity index (χ1) is 6.66. The first kappa shape index (κ1) is 13.1. The highest BCUT2D eigenvalue weighted by atomic mass is 19.1. The minimum atomic E-state index is -1.25. The van der Waals surface area contributed by atoms with Crippen molar-refractivity contribution in [3.63, 3.8) is 0 Å². The minimum absolute atomic E-state index is 0.00288. The average molecular weight is 203 g/mol. The molecule has 0 heterocycles. The van der Waals surface area contributed by atoms with Crippen molar-refractivity contribution in [3.05, 3.63) is 0 Å². The van der Waals surface area contributed by atoms with E-state index in [0.717, 1.165) is 19.3 Å². The second-order valence-electron chi connectivity index (χ2n) is 3.27. The van der Waals surface area contributed by atoms with Gasteiger partial charge in [-0.3, -0.25) is 9.59 Å². The SMILES string of the molecule is CCCC(=O)NCCCCCC(=O)F. The van der Waals surface area contributed by atoms with Crippen LogP contribution in [0.4, 0.5) is 4.39 Å². The fraction of sp³-hybridized carbons (Fsp3) is 0.800. The first-order valence-electron chi connectivity index (χ1n) is 5.11. The molecule has 3 nitrogen and oxygen atoms in total. The van der Waals surface area contributed by atoms with Crippen LogP contribution < -0.4 is 5.32 Å². The number of carbonyl (C=O) groups is 2. The summed E-state index contributed by atoms with van der Waals surface area (Å²) in [4.78, 5) is 20.9. The van der Waals surface area contributed by atoms with E-state index in [1.165, 1.54) is 0 Å². The van der Waals surface area contributed by atoms with Crippen molar-refractivity contribution in [3.8, 4) is 0 Å². The Bertz CT molecular complexity index is 183. The Balaban J connectivity index is 3.13. The van der Waals surface area contributed by atoms with Crippen LogP contribution in [-0.4, -0.2) is 18.5 Å². The summed E-state index contributed by atoms with van der Waals surface area (Å²) in [6.07, 6.45) is 3.57. The molecule has 0 spiro atoms. The topological polar surface area (TPSA) is 46.2 Å². The van der Waals surface area contributed by atoms with Gasteiger partial charge in [-0.1, -0.05) is 13.3 Å². The van der Waals surface area contributed by atoms with E-state index in [-0.39, 0.29) is 12.3 Å². The molecule has 0 aromatic carbocycles. The standard InChI is InChI=1S/C10H18FNO2/c1-2-6-10(14)12-8-5-3-4-7-9(11)13/h2-8H2,1H3,(H,12,14). The summed E-state index contributed by atoms with van der Waals surface area (Å²) in [5, 5.41) is 2.75. The number of hydrogen-bond donors (Lipinski definition) is 1. The molecule has 0 aromatic rings. The monoisotopic (exact) mass is 203 g/mol. The maximum Gasteiger partial charge on any atom is 0.301 e. The highest BCUT2D eigenvalue weighted by Crippen LogP contribution is 2.00. The number of hydrogen-bond acceptors (Lipinski definition) is 2. The lowest BCUT2D eigenvalue weighted by Crippen LogP contribution is -2.23. The third kappa shape index (κ3) is 9.16. The number of rotatable bonds is 8. The van der Waals surface area contributed by atoms with E-state index < -0.39 is 6.04 Å². The van der Waals surface area contributed by atoms with Gasteiger partial charge in [-0.15, -0.1) is 0 Å². The molecule has 0 aromatic heterocycles. The van der Waals surface area contributed by atoms with Gasteiger partial charge in [0.15, 0.2) is 0 Å². The van der Waals surface area contributed by atoms with Crippen LogP contribution in [0.1, 0.15) is 45.4 Å². The van der Waals surface area contributed by atoms with Crippen molar-refractivity contribution in [2.45, 2.75) is 45.4 Å². The van der Waals surface area contributed by atoms with Crippen molar-refractivity contribution >= 4 is 11.9 Å². The van der Waals surface area contributed by atoms with Crippen LogP contribution in [-0.2, 0) is 9.59 Å². The van der Waals surface area contributed by atoms with Crippen molar-refractivity contribution in [1.82, 2.24) is 5.32 Å². The third-order valence-corrected chi connectivity index (χ3v) is 1.85. The number of amides is 1. The van der Waals surface area contributed by atoms with E-state index in [4.69, 9.17) is 0 Å². The third-order valence-electron chi connectivity index (χ3n) is 1.85. The van der Waals surface area contributed by atoms with Crippen molar-refractivity contribution < 1.29 is 14.0 Å². The van der Waals surface area contributed by atoms with E-state index in [9.17, 15) is 14.0 Å². The zero-order valence-electron chi connectivity index (χ0n) is 8.64. The molecule has 14 heavy (non-hydrogen) atoms. The van der Waals surface area contributed by atoms with Gasteiger partial charge in [-0.2, -0.15) is 4.39 Å². The summed E-state index contributed by atoms with van der Waals surface area (Å²) in [7, 11) is 0. The van der Waals surface area contributed by atoms with Gasteiger partial charge < -0.3 is 5.32 Å². The summed E-state index contributed by atoms with van der Waals surface area (Å²) in [5.41, 5.74) is 0. The van der Waals surface area contributed by atoms with Crippen LogP contribution in [0.3, 0.4) is 0 Å². The molecule has 0 aliphatic heterocycles. The van der Waals surface area contributed by atoms with E-state index in [1.807, 2.05) is 6.92 Å². The molecule has 0 bridgehead atoms. The Morgan fingerprint density at radius 3 is 2.43 bits per heavy atom. The molecule has 0 aliphatic carbocycles. The lowest BCUT2D eigenvalue weighted by atomic mass is 10.2. The van der Waals surface area contributed by atoms with Crippen molar-refractivity contribution in [2.24, 2.45) is 0 Å². The van der Waals surface area contributed by atoms with Gasteiger partial charge >= 0.3 is 6.04 Å². The van der Waals surface area contributed by atoms with E-state index in [0.29, 0.717) is 19.4 Å². The molecule has 0 rings (SSSR count). The normalized spacial score (nSPS) is 9.86. The highest BCUT2D eigenvalue weighted by Gasteiger charge is 1.99.